The lowest BCUT2D eigenvalue weighted by atomic mass is 9.89. The fraction of sp³-hybridized carbons (Fsp3) is 0.933. The monoisotopic (exact) mass is 238 g/mol. The molecule has 0 amide bonds. The molecule has 0 N–H and O–H groups in total. The molecule has 2 atom stereocenters. The minimum atomic E-state index is 0.0208. The molecule has 0 bridgehead atoms. The van der Waals surface area contributed by atoms with E-state index >= 15 is 0 Å². The van der Waals surface area contributed by atoms with Crippen LogP contribution in [0.2, 0.25) is 0 Å². The third kappa shape index (κ3) is 1.80. The first-order valence-corrected chi connectivity index (χ1v) is 7.18. The van der Waals surface area contributed by atoms with Crippen LogP contribution in [0.5, 0.6) is 0 Å². The third-order valence-electron chi connectivity index (χ3n) is 5.10. The summed E-state index contributed by atoms with van der Waals surface area (Å²) in [6.07, 6.45) is 7.43. The Kier molecular flexibility index (Phi) is 3.26. The fourth-order valence-electron chi connectivity index (χ4n) is 4.41. The van der Waals surface area contributed by atoms with Crippen LogP contribution >= 0.6 is 0 Å². The Balaban J connectivity index is 2.13. The van der Waals surface area contributed by atoms with E-state index in [2.05, 4.69) is 13.8 Å². The molecule has 2 fully saturated rings. The van der Waals surface area contributed by atoms with Crippen molar-refractivity contribution in [1.29, 1.82) is 0 Å². The van der Waals surface area contributed by atoms with Gasteiger partial charge in [-0.1, -0.05) is 33.1 Å². The summed E-state index contributed by atoms with van der Waals surface area (Å²) in [5.74, 6) is 0.248. The molecule has 0 aromatic heterocycles. The van der Waals surface area contributed by atoms with Crippen molar-refractivity contribution in [2.75, 3.05) is 0 Å². The quantitative estimate of drug-likeness (QED) is 0.694. The van der Waals surface area contributed by atoms with Crippen molar-refractivity contribution in [3.8, 4) is 0 Å². The standard InChI is InChI=1S/C15H26O2/c1-5-8-14(4)12(13(16)17-11(2)3)15(14)9-6-7-10-15/h11-12H,5-10H2,1-4H3. The molecule has 2 rings (SSSR count). The van der Waals surface area contributed by atoms with Crippen LogP contribution in [0.4, 0.5) is 0 Å². The van der Waals surface area contributed by atoms with Gasteiger partial charge in [-0.15, -0.1) is 0 Å². The Bertz CT molecular complexity index is 302. The summed E-state index contributed by atoms with van der Waals surface area (Å²) >= 11 is 0. The maximum absolute atomic E-state index is 12.2. The smallest absolute Gasteiger partial charge is 0.310 e. The molecule has 17 heavy (non-hydrogen) atoms. The predicted molar refractivity (Wildman–Crippen MR) is 68.6 cm³/mol. The minimum Gasteiger partial charge on any atom is -0.463 e. The fourth-order valence-corrected chi connectivity index (χ4v) is 4.41. The van der Waals surface area contributed by atoms with E-state index in [4.69, 9.17) is 4.74 Å². The van der Waals surface area contributed by atoms with E-state index in [0.29, 0.717) is 5.41 Å². The number of rotatable bonds is 4. The molecular formula is C15H26O2. The molecule has 1 spiro atoms. The first-order chi connectivity index (χ1) is 7.98. The zero-order valence-corrected chi connectivity index (χ0v) is 11.7. The van der Waals surface area contributed by atoms with Gasteiger partial charge in [0.15, 0.2) is 0 Å². The van der Waals surface area contributed by atoms with E-state index in [-0.39, 0.29) is 23.4 Å². The zero-order chi connectivity index (χ0) is 12.7. The van der Waals surface area contributed by atoms with Crippen LogP contribution in [0.25, 0.3) is 0 Å². The number of hydrogen-bond donors (Lipinski definition) is 0. The molecule has 2 nitrogen and oxygen atoms in total. The molecule has 2 unspecified atom stereocenters. The van der Waals surface area contributed by atoms with Crippen LogP contribution in [0.1, 0.15) is 66.2 Å². The molecule has 2 aliphatic carbocycles. The van der Waals surface area contributed by atoms with Gasteiger partial charge in [-0.05, 0) is 43.9 Å². The summed E-state index contributed by atoms with van der Waals surface area (Å²) < 4.78 is 5.46. The highest BCUT2D eigenvalue weighted by Gasteiger charge is 2.76. The van der Waals surface area contributed by atoms with Crippen LogP contribution < -0.4 is 0 Å². The van der Waals surface area contributed by atoms with Gasteiger partial charge in [-0.3, -0.25) is 4.79 Å². The third-order valence-corrected chi connectivity index (χ3v) is 5.10. The van der Waals surface area contributed by atoms with Crippen LogP contribution in [0.15, 0.2) is 0 Å². The second-order valence-corrected chi connectivity index (χ2v) is 6.45. The lowest BCUT2D eigenvalue weighted by Crippen LogP contribution is -2.17. The number of carbonyl (C=O) groups is 1. The van der Waals surface area contributed by atoms with E-state index in [1.54, 1.807) is 0 Å². The van der Waals surface area contributed by atoms with Gasteiger partial charge in [0, 0.05) is 0 Å². The lowest BCUT2D eigenvalue weighted by molar-refractivity contribution is -0.150. The first kappa shape index (κ1) is 12.9. The molecule has 2 aliphatic rings. The molecule has 0 aromatic rings. The van der Waals surface area contributed by atoms with Crippen molar-refractivity contribution in [3.63, 3.8) is 0 Å². The van der Waals surface area contributed by atoms with Gasteiger partial charge in [0.2, 0.25) is 0 Å². The second-order valence-electron chi connectivity index (χ2n) is 6.45. The first-order valence-electron chi connectivity index (χ1n) is 7.18. The van der Waals surface area contributed by atoms with Gasteiger partial charge in [0.25, 0.3) is 0 Å². The Morgan fingerprint density at radius 3 is 2.41 bits per heavy atom. The van der Waals surface area contributed by atoms with Crippen molar-refractivity contribution >= 4 is 5.97 Å². The largest absolute Gasteiger partial charge is 0.463 e. The normalized spacial score (nSPS) is 34.3. The summed E-state index contributed by atoms with van der Waals surface area (Å²) in [5, 5.41) is 0. The molecular weight excluding hydrogens is 212 g/mol. The van der Waals surface area contributed by atoms with Crippen molar-refractivity contribution < 1.29 is 9.53 Å². The number of carbonyl (C=O) groups excluding carboxylic acids is 1. The average Bonchev–Trinajstić information content (AvgIpc) is 2.59. The van der Waals surface area contributed by atoms with E-state index < -0.39 is 0 Å². The van der Waals surface area contributed by atoms with Crippen molar-refractivity contribution in [2.24, 2.45) is 16.7 Å². The van der Waals surface area contributed by atoms with Crippen molar-refractivity contribution in [3.05, 3.63) is 0 Å². The molecule has 0 aromatic carbocycles. The molecule has 0 saturated heterocycles. The Hall–Kier alpha value is -0.530. The van der Waals surface area contributed by atoms with Crippen LogP contribution in [0, 0.1) is 16.7 Å². The van der Waals surface area contributed by atoms with E-state index in [1.165, 1.54) is 38.5 Å². The maximum atomic E-state index is 12.2. The SMILES string of the molecule is CCCC1(C)C(C(=O)OC(C)C)C12CCCC2. The molecule has 98 valence electrons. The van der Waals surface area contributed by atoms with Crippen LogP contribution in [-0.4, -0.2) is 12.1 Å². The average molecular weight is 238 g/mol. The summed E-state index contributed by atoms with van der Waals surface area (Å²) in [5.41, 5.74) is 0.527. The molecule has 0 heterocycles. The topological polar surface area (TPSA) is 26.3 Å². The van der Waals surface area contributed by atoms with Gasteiger partial charge in [0.05, 0.1) is 12.0 Å². The number of hydrogen-bond acceptors (Lipinski definition) is 2. The maximum Gasteiger partial charge on any atom is 0.310 e. The van der Waals surface area contributed by atoms with E-state index in [0.717, 1.165) is 0 Å². The minimum absolute atomic E-state index is 0.0208. The Morgan fingerprint density at radius 2 is 1.94 bits per heavy atom. The summed E-state index contributed by atoms with van der Waals surface area (Å²) in [6.45, 7) is 8.42. The highest BCUT2D eigenvalue weighted by atomic mass is 16.5. The van der Waals surface area contributed by atoms with Gasteiger partial charge < -0.3 is 4.74 Å². The molecule has 2 heteroatoms. The van der Waals surface area contributed by atoms with Gasteiger partial charge >= 0.3 is 5.97 Å². The number of ether oxygens (including phenoxy) is 1. The highest BCUT2D eigenvalue weighted by Crippen LogP contribution is 2.77. The van der Waals surface area contributed by atoms with E-state index in [9.17, 15) is 4.79 Å². The van der Waals surface area contributed by atoms with Gasteiger partial charge in [0.1, 0.15) is 0 Å². The van der Waals surface area contributed by atoms with Gasteiger partial charge in [-0.25, -0.2) is 0 Å². The highest BCUT2D eigenvalue weighted by molar-refractivity contribution is 5.79. The number of esters is 1. The van der Waals surface area contributed by atoms with Crippen molar-refractivity contribution in [1.82, 2.24) is 0 Å². The predicted octanol–water partition coefficient (Wildman–Crippen LogP) is 3.93. The zero-order valence-electron chi connectivity index (χ0n) is 11.7. The van der Waals surface area contributed by atoms with Crippen LogP contribution in [-0.2, 0) is 9.53 Å². The molecule has 2 saturated carbocycles. The Labute approximate surface area is 105 Å². The summed E-state index contributed by atoms with van der Waals surface area (Å²) in [7, 11) is 0. The Morgan fingerprint density at radius 1 is 1.35 bits per heavy atom. The lowest BCUT2D eigenvalue weighted by Gasteiger charge is -2.15. The summed E-state index contributed by atoms with van der Waals surface area (Å²) in [4.78, 5) is 12.2. The van der Waals surface area contributed by atoms with Gasteiger partial charge in [-0.2, -0.15) is 0 Å². The van der Waals surface area contributed by atoms with Crippen molar-refractivity contribution in [2.45, 2.75) is 72.3 Å². The van der Waals surface area contributed by atoms with E-state index in [1.807, 2.05) is 13.8 Å². The second kappa shape index (κ2) is 4.29. The summed E-state index contributed by atoms with van der Waals surface area (Å²) in [6, 6.07) is 0. The van der Waals surface area contributed by atoms with Crippen LogP contribution in [0.3, 0.4) is 0 Å². The molecule has 0 aliphatic heterocycles. The molecule has 0 radical (unpaired) electrons.